The summed E-state index contributed by atoms with van der Waals surface area (Å²) >= 11 is 0. The highest BCUT2D eigenvalue weighted by Gasteiger charge is 2.25. The Morgan fingerprint density at radius 3 is 2.62 bits per heavy atom. The second-order valence-electron chi connectivity index (χ2n) is 6.09. The minimum Gasteiger partial charge on any atom is -0.369 e. The number of nitrogens with two attached hydrogens (primary N) is 1. The normalized spacial score (nSPS) is 12.6. The summed E-state index contributed by atoms with van der Waals surface area (Å²) < 4.78 is 16.6. The van der Waals surface area contributed by atoms with Gasteiger partial charge in [-0.05, 0) is 49.1 Å². The van der Waals surface area contributed by atoms with Gasteiger partial charge < -0.3 is 5.73 Å². The molecular weight excluding hydrogens is 333 g/mol. The highest BCUT2D eigenvalue weighted by molar-refractivity contribution is 5.45. The molecular formula is C18H14FN7. The number of nitriles is 2. The largest absolute Gasteiger partial charge is 0.369 e. The molecule has 0 bridgehead atoms. The third-order valence-electron chi connectivity index (χ3n) is 4.60. The van der Waals surface area contributed by atoms with Gasteiger partial charge in [-0.15, -0.1) is 0 Å². The zero-order chi connectivity index (χ0) is 18.3. The van der Waals surface area contributed by atoms with Gasteiger partial charge in [-0.2, -0.15) is 15.6 Å². The molecule has 0 spiro atoms. The number of rotatable bonds is 3. The zero-order valence-electron chi connectivity index (χ0n) is 13.8. The second kappa shape index (κ2) is 6.01. The second-order valence-corrected chi connectivity index (χ2v) is 6.09. The summed E-state index contributed by atoms with van der Waals surface area (Å²) in [4.78, 5) is 3.95. The molecule has 8 heteroatoms. The molecule has 0 fully saturated rings. The van der Waals surface area contributed by atoms with Gasteiger partial charge in [0.05, 0.1) is 17.9 Å². The summed E-state index contributed by atoms with van der Waals surface area (Å²) in [6.07, 6.45) is 2.77. The van der Waals surface area contributed by atoms with Crippen LogP contribution in [0.1, 0.15) is 34.8 Å². The van der Waals surface area contributed by atoms with Crippen LogP contribution in [0.2, 0.25) is 0 Å². The number of nitrogens with zero attached hydrogens (tertiary/aromatic N) is 6. The Kier molecular flexibility index (Phi) is 3.67. The van der Waals surface area contributed by atoms with E-state index in [0.717, 1.165) is 41.9 Å². The number of hydrogen-bond donors (Lipinski definition) is 1. The van der Waals surface area contributed by atoms with Gasteiger partial charge in [0.25, 0.3) is 0 Å². The van der Waals surface area contributed by atoms with Crippen LogP contribution in [0.15, 0.2) is 24.3 Å². The van der Waals surface area contributed by atoms with Gasteiger partial charge in [0.1, 0.15) is 18.0 Å². The minimum absolute atomic E-state index is 0.0135. The van der Waals surface area contributed by atoms with Gasteiger partial charge in [-0.1, -0.05) is 0 Å². The van der Waals surface area contributed by atoms with Crippen LogP contribution < -0.4 is 5.73 Å². The van der Waals surface area contributed by atoms with Crippen LogP contribution in [0.5, 0.6) is 0 Å². The summed E-state index contributed by atoms with van der Waals surface area (Å²) in [6.45, 7) is 0.264. The Bertz CT molecular complexity index is 1080. The molecule has 26 heavy (non-hydrogen) atoms. The van der Waals surface area contributed by atoms with E-state index >= 15 is 0 Å². The molecule has 2 aromatic heterocycles. The summed E-state index contributed by atoms with van der Waals surface area (Å²) in [5.74, 6) is -0.187. The fraction of sp³-hybridized carbons (Fsp3) is 0.222. The number of anilines is 1. The first-order valence-corrected chi connectivity index (χ1v) is 8.14. The van der Waals surface area contributed by atoms with Crippen LogP contribution in [-0.2, 0) is 19.4 Å². The molecule has 1 aliphatic carbocycles. The van der Waals surface area contributed by atoms with Crippen molar-refractivity contribution < 1.29 is 4.39 Å². The van der Waals surface area contributed by atoms with Crippen LogP contribution in [0, 0.1) is 28.5 Å². The van der Waals surface area contributed by atoms with Crippen LogP contribution >= 0.6 is 0 Å². The quantitative estimate of drug-likeness (QED) is 0.780. The standard InChI is InChI=1S/C18H14FN7/c19-11-4-6-12(7-5-11)26-16-3-1-2-13(16)15(24-26)10-25-17(9-21)14(8-20)23-18(25)22/h4-7H,1-3,10H2,(H2,22,23). The van der Waals surface area contributed by atoms with E-state index in [-0.39, 0.29) is 29.7 Å². The SMILES string of the molecule is N#Cc1nc(N)n(Cc2nn(-c3ccc(F)cc3)c3c2CCC3)c1C#N. The van der Waals surface area contributed by atoms with E-state index < -0.39 is 0 Å². The van der Waals surface area contributed by atoms with E-state index in [0.29, 0.717) is 0 Å². The van der Waals surface area contributed by atoms with E-state index in [9.17, 15) is 9.65 Å². The Balaban J connectivity index is 1.79. The summed E-state index contributed by atoms with van der Waals surface area (Å²) in [5, 5.41) is 23.1. The molecule has 0 amide bonds. The maximum absolute atomic E-state index is 13.2. The smallest absolute Gasteiger partial charge is 0.202 e. The molecule has 0 saturated heterocycles. The minimum atomic E-state index is -0.299. The van der Waals surface area contributed by atoms with Crippen molar-refractivity contribution in [2.24, 2.45) is 0 Å². The lowest BCUT2D eigenvalue weighted by Gasteiger charge is -2.06. The molecule has 0 aliphatic heterocycles. The molecule has 1 aromatic carbocycles. The van der Waals surface area contributed by atoms with Gasteiger partial charge >= 0.3 is 0 Å². The van der Waals surface area contributed by atoms with Crippen molar-refractivity contribution in [2.75, 3.05) is 5.73 Å². The van der Waals surface area contributed by atoms with Crippen molar-refractivity contribution in [1.29, 1.82) is 10.5 Å². The molecule has 128 valence electrons. The topological polar surface area (TPSA) is 109 Å². The molecule has 0 atom stereocenters. The molecule has 2 heterocycles. The molecule has 0 saturated carbocycles. The van der Waals surface area contributed by atoms with Gasteiger partial charge in [0, 0.05) is 5.69 Å². The summed E-state index contributed by atoms with van der Waals surface area (Å²) in [7, 11) is 0. The Hall–Kier alpha value is -3.65. The monoisotopic (exact) mass is 347 g/mol. The molecule has 7 nitrogen and oxygen atoms in total. The molecule has 4 rings (SSSR count). The first kappa shape index (κ1) is 15.9. The fourth-order valence-corrected chi connectivity index (χ4v) is 3.41. The number of hydrogen-bond acceptors (Lipinski definition) is 5. The maximum Gasteiger partial charge on any atom is 0.202 e. The molecule has 1 aliphatic rings. The Morgan fingerprint density at radius 2 is 1.92 bits per heavy atom. The average Bonchev–Trinajstić information content (AvgIpc) is 3.31. The lowest BCUT2D eigenvalue weighted by molar-refractivity contribution is 0.626. The summed E-state index contributed by atoms with van der Waals surface area (Å²) in [5.41, 5.74) is 9.81. The van der Waals surface area contributed by atoms with Crippen LogP contribution in [0.3, 0.4) is 0 Å². The Morgan fingerprint density at radius 1 is 1.15 bits per heavy atom. The van der Waals surface area contributed by atoms with Gasteiger partial charge in [-0.3, -0.25) is 4.57 Å². The predicted octanol–water partition coefficient (Wildman–Crippen LogP) is 2.07. The van der Waals surface area contributed by atoms with E-state index in [1.54, 1.807) is 12.1 Å². The van der Waals surface area contributed by atoms with E-state index in [1.807, 2.05) is 16.8 Å². The molecule has 2 N–H and O–H groups in total. The van der Waals surface area contributed by atoms with Gasteiger partial charge in [-0.25, -0.2) is 14.1 Å². The number of imidazole rings is 1. The number of nitrogen functional groups attached to an aromatic ring is 1. The number of fused-ring (bicyclic) bond motifs is 1. The van der Waals surface area contributed by atoms with Crippen LogP contribution in [-0.4, -0.2) is 19.3 Å². The number of aromatic nitrogens is 4. The lowest BCUT2D eigenvalue weighted by Crippen LogP contribution is -2.09. The highest BCUT2D eigenvalue weighted by Crippen LogP contribution is 2.29. The maximum atomic E-state index is 13.2. The van der Waals surface area contributed by atoms with Crippen molar-refractivity contribution in [3.8, 4) is 17.8 Å². The molecule has 3 aromatic rings. The predicted molar refractivity (Wildman–Crippen MR) is 90.7 cm³/mol. The zero-order valence-corrected chi connectivity index (χ0v) is 13.8. The first-order chi connectivity index (χ1) is 12.6. The third-order valence-corrected chi connectivity index (χ3v) is 4.60. The van der Waals surface area contributed by atoms with Gasteiger partial charge in [0.2, 0.25) is 5.95 Å². The van der Waals surface area contributed by atoms with E-state index in [4.69, 9.17) is 11.0 Å². The highest BCUT2D eigenvalue weighted by atomic mass is 19.1. The Labute approximate surface area is 148 Å². The average molecular weight is 347 g/mol. The van der Waals surface area contributed by atoms with Crippen molar-refractivity contribution in [3.63, 3.8) is 0 Å². The van der Waals surface area contributed by atoms with E-state index in [2.05, 4.69) is 10.1 Å². The number of benzene rings is 1. The first-order valence-electron chi connectivity index (χ1n) is 8.14. The van der Waals surface area contributed by atoms with Crippen molar-refractivity contribution in [2.45, 2.75) is 25.8 Å². The van der Waals surface area contributed by atoms with E-state index in [1.165, 1.54) is 16.7 Å². The van der Waals surface area contributed by atoms with Crippen molar-refractivity contribution in [1.82, 2.24) is 19.3 Å². The third kappa shape index (κ3) is 2.40. The fourth-order valence-electron chi connectivity index (χ4n) is 3.41. The lowest BCUT2D eigenvalue weighted by atomic mass is 10.2. The van der Waals surface area contributed by atoms with Crippen LogP contribution in [0.4, 0.5) is 10.3 Å². The molecule has 0 radical (unpaired) electrons. The number of halogens is 1. The van der Waals surface area contributed by atoms with Crippen LogP contribution in [0.25, 0.3) is 5.69 Å². The van der Waals surface area contributed by atoms with Crippen molar-refractivity contribution in [3.05, 3.63) is 58.4 Å². The van der Waals surface area contributed by atoms with Crippen molar-refractivity contribution >= 4 is 5.95 Å². The summed E-state index contributed by atoms with van der Waals surface area (Å²) in [6, 6.07) is 10.1. The molecule has 0 unspecified atom stereocenters. The van der Waals surface area contributed by atoms with Gasteiger partial charge in [0.15, 0.2) is 11.4 Å².